The van der Waals surface area contributed by atoms with E-state index in [1.807, 2.05) is 6.92 Å². The van der Waals surface area contributed by atoms with Gasteiger partial charge in [0.05, 0.1) is 25.0 Å². The third kappa shape index (κ3) is 8.23. The molecule has 0 unspecified atom stereocenters. The minimum absolute atomic E-state index is 0.307. The molecule has 1 amide bonds. The van der Waals surface area contributed by atoms with Crippen LogP contribution in [0.2, 0.25) is 0 Å². The second-order valence-corrected chi connectivity index (χ2v) is 8.79. The molecule has 3 aromatic rings. The van der Waals surface area contributed by atoms with Gasteiger partial charge in [0.25, 0.3) is 5.91 Å². The first-order chi connectivity index (χ1) is 17.5. The number of nitrogens with zero attached hydrogens (tertiary/aromatic N) is 1. The Labute approximate surface area is 219 Å². The molecule has 188 valence electrons. The molecule has 7 nitrogen and oxygen atoms in total. The fourth-order valence-corrected chi connectivity index (χ4v) is 3.42. The van der Waals surface area contributed by atoms with E-state index in [9.17, 15) is 9.59 Å². The van der Waals surface area contributed by atoms with Crippen molar-refractivity contribution in [3.8, 4) is 17.2 Å². The van der Waals surface area contributed by atoms with Gasteiger partial charge >= 0.3 is 5.97 Å². The van der Waals surface area contributed by atoms with Gasteiger partial charge in [-0.3, -0.25) is 4.79 Å². The molecule has 0 saturated heterocycles. The number of hydrogen-bond donors (Lipinski definition) is 1. The van der Waals surface area contributed by atoms with Crippen molar-refractivity contribution in [2.24, 2.45) is 5.10 Å². The molecule has 0 fully saturated rings. The summed E-state index contributed by atoms with van der Waals surface area (Å²) >= 11 is 3.41. The van der Waals surface area contributed by atoms with Crippen LogP contribution >= 0.6 is 15.9 Å². The maximum Gasteiger partial charge on any atom is 0.343 e. The predicted octanol–water partition coefficient (Wildman–Crippen LogP) is 6.40. The second kappa shape index (κ2) is 14.0. The lowest BCUT2D eigenvalue weighted by Gasteiger charge is -2.09. The summed E-state index contributed by atoms with van der Waals surface area (Å²) in [6.07, 6.45) is 4.36. The summed E-state index contributed by atoms with van der Waals surface area (Å²) in [5, 5.41) is 4.04. The predicted molar refractivity (Wildman–Crippen MR) is 143 cm³/mol. The number of unbranched alkanes of at least 4 members (excludes halogenated alkanes) is 1. The fraction of sp³-hybridized carbons (Fsp3) is 0.250. The molecule has 1 N–H and O–H groups in total. The Kier molecular flexibility index (Phi) is 10.5. The number of ether oxygens (including phenoxy) is 3. The number of esters is 1. The van der Waals surface area contributed by atoms with Crippen LogP contribution in [0.4, 0.5) is 0 Å². The molecule has 0 radical (unpaired) electrons. The van der Waals surface area contributed by atoms with Crippen LogP contribution in [0.3, 0.4) is 0 Å². The lowest BCUT2D eigenvalue weighted by molar-refractivity contribution is 0.0734. The van der Waals surface area contributed by atoms with Crippen molar-refractivity contribution in [1.29, 1.82) is 0 Å². The highest BCUT2D eigenvalue weighted by molar-refractivity contribution is 9.10. The third-order valence-electron chi connectivity index (χ3n) is 4.99. The summed E-state index contributed by atoms with van der Waals surface area (Å²) < 4.78 is 17.5. The van der Waals surface area contributed by atoms with Gasteiger partial charge in [0, 0.05) is 15.6 Å². The van der Waals surface area contributed by atoms with Crippen LogP contribution in [0.15, 0.2) is 76.3 Å². The molecule has 36 heavy (non-hydrogen) atoms. The van der Waals surface area contributed by atoms with Crippen molar-refractivity contribution in [2.75, 3.05) is 13.2 Å². The standard InChI is InChI=1S/C28H29BrN2O5/c1-3-5-17-35-25-11-6-20(7-12-25)27(32)31-30-19-22-18-23(29)10-15-26(22)36-28(33)21-8-13-24(14-9-21)34-16-4-2/h6-15,18-19H,3-5,16-17H2,1-2H3,(H,31,32). The number of rotatable bonds is 12. The van der Waals surface area contributed by atoms with Gasteiger partial charge in [-0.15, -0.1) is 0 Å². The molecule has 0 spiro atoms. The monoisotopic (exact) mass is 552 g/mol. The number of carbonyl (C=O) groups is 2. The van der Waals surface area contributed by atoms with Crippen LogP contribution in [0.25, 0.3) is 0 Å². The number of hydrazone groups is 1. The zero-order valence-corrected chi connectivity index (χ0v) is 21.9. The largest absolute Gasteiger partial charge is 0.494 e. The molecule has 0 aliphatic rings. The van der Waals surface area contributed by atoms with E-state index >= 15 is 0 Å². The SMILES string of the molecule is CCCCOc1ccc(C(=O)NN=Cc2cc(Br)ccc2OC(=O)c2ccc(OCCC)cc2)cc1. The maximum atomic E-state index is 12.7. The first kappa shape index (κ1) is 26.9. The minimum Gasteiger partial charge on any atom is -0.494 e. The van der Waals surface area contributed by atoms with E-state index in [4.69, 9.17) is 14.2 Å². The van der Waals surface area contributed by atoms with Crippen LogP contribution in [0.5, 0.6) is 17.2 Å². The topological polar surface area (TPSA) is 86.2 Å². The smallest absolute Gasteiger partial charge is 0.343 e. The minimum atomic E-state index is -0.515. The second-order valence-electron chi connectivity index (χ2n) is 7.87. The summed E-state index contributed by atoms with van der Waals surface area (Å²) in [6.45, 7) is 5.38. The number of carbonyl (C=O) groups excluding carboxylic acids is 2. The van der Waals surface area contributed by atoms with Crippen LogP contribution in [0, 0.1) is 0 Å². The van der Waals surface area contributed by atoms with Crippen molar-refractivity contribution < 1.29 is 23.8 Å². The van der Waals surface area contributed by atoms with Gasteiger partial charge in [0.15, 0.2) is 0 Å². The van der Waals surface area contributed by atoms with E-state index in [1.165, 1.54) is 6.21 Å². The lowest BCUT2D eigenvalue weighted by atomic mass is 10.2. The average molecular weight is 553 g/mol. The number of hydrogen-bond acceptors (Lipinski definition) is 6. The lowest BCUT2D eigenvalue weighted by Crippen LogP contribution is -2.17. The molecule has 0 atom stereocenters. The molecule has 0 bridgehead atoms. The van der Waals surface area contributed by atoms with E-state index in [0.29, 0.717) is 47.2 Å². The Morgan fingerprint density at radius 3 is 2.14 bits per heavy atom. The zero-order valence-electron chi connectivity index (χ0n) is 20.3. The van der Waals surface area contributed by atoms with Gasteiger partial charge in [-0.2, -0.15) is 5.10 Å². The van der Waals surface area contributed by atoms with Gasteiger partial charge in [0.1, 0.15) is 17.2 Å². The highest BCUT2D eigenvalue weighted by atomic mass is 79.9. The average Bonchev–Trinajstić information content (AvgIpc) is 2.89. The Hall–Kier alpha value is -3.65. The van der Waals surface area contributed by atoms with Gasteiger partial charge in [-0.25, -0.2) is 10.2 Å². The number of nitrogens with one attached hydrogen (secondary N) is 1. The molecular formula is C28H29BrN2O5. The summed E-state index contributed by atoms with van der Waals surface area (Å²) in [5.74, 6) is 0.831. The quantitative estimate of drug-likeness (QED) is 0.0923. The number of halogens is 1. The van der Waals surface area contributed by atoms with Gasteiger partial charge in [0.2, 0.25) is 0 Å². The van der Waals surface area contributed by atoms with Crippen molar-refractivity contribution in [1.82, 2.24) is 5.43 Å². The first-order valence-electron chi connectivity index (χ1n) is 11.8. The summed E-state index contributed by atoms with van der Waals surface area (Å²) in [7, 11) is 0. The Balaban J connectivity index is 1.62. The molecule has 0 aliphatic carbocycles. The van der Waals surface area contributed by atoms with E-state index in [-0.39, 0.29) is 5.91 Å². The Morgan fingerprint density at radius 2 is 1.50 bits per heavy atom. The zero-order chi connectivity index (χ0) is 25.8. The summed E-state index contributed by atoms with van der Waals surface area (Å²) in [5.41, 5.74) is 3.84. The summed E-state index contributed by atoms with van der Waals surface area (Å²) in [6, 6.07) is 18.8. The van der Waals surface area contributed by atoms with Crippen LogP contribution in [-0.2, 0) is 0 Å². The molecular weight excluding hydrogens is 524 g/mol. The van der Waals surface area contributed by atoms with Crippen molar-refractivity contribution >= 4 is 34.0 Å². The molecule has 0 heterocycles. The van der Waals surface area contributed by atoms with Crippen molar-refractivity contribution in [2.45, 2.75) is 33.1 Å². The fourth-order valence-electron chi connectivity index (χ4n) is 3.04. The molecule has 8 heteroatoms. The molecule has 0 aromatic heterocycles. The number of amides is 1. The Bertz CT molecular complexity index is 1180. The first-order valence-corrected chi connectivity index (χ1v) is 12.6. The van der Waals surface area contributed by atoms with Crippen molar-refractivity contribution in [3.05, 3.63) is 87.9 Å². The van der Waals surface area contributed by atoms with Crippen LogP contribution < -0.4 is 19.6 Å². The van der Waals surface area contributed by atoms with Crippen LogP contribution in [-0.4, -0.2) is 31.3 Å². The van der Waals surface area contributed by atoms with Gasteiger partial charge in [-0.1, -0.05) is 36.2 Å². The molecule has 0 aliphatic heterocycles. The maximum absolute atomic E-state index is 12.7. The highest BCUT2D eigenvalue weighted by Crippen LogP contribution is 2.23. The highest BCUT2D eigenvalue weighted by Gasteiger charge is 2.12. The van der Waals surface area contributed by atoms with E-state index in [2.05, 4.69) is 33.4 Å². The van der Waals surface area contributed by atoms with E-state index < -0.39 is 5.97 Å². The Morgan fingerprint density at radius 1 is 0.861 bits per heavy atom. The molecule has 0 saturated carbocycles. The molecule has 3 rings (SSSR count). The van der Waals surface area contributed by atoms with E-state index in [1.54, 1.807) is 66.7 Å². The number of benzene rings is 3. The van der Waals surface area contributed by atoms with Crippen LogP contribution in [0.1, 0.15) is 59.4 Å². The van der Waals surface area contributed by atoms with Crippen molar-refractivity contribution in [3.63, 3.8) is 0 Å². The molecule has 3 aromatic carbocycles. The summed E-state index contributed by atoms with van der Waals surface area (Å²) in [4.78, 5) is 25.1. The van der Waals surface area contributed by atoms with E-state index in [0.717, 1.165) is 23.7 Å². The van der Waals surface area contributed by atoms with Gasteiger partial charge in [-0.05, 0) is 79.6 Å². The third-order valence-corrected chi connectivity index (χ3v) is 5.48. The van der Waals surface area contributed by atoms with Gasteiger partial charge < -0.3 is 14.2 Å². The normalized spacial score (nSPS) is 10.8.